The number of ether oxygens (including phenoxy) is 1. The smallest absolute Gasteiger partial charge is 0.237 e. The van der Waals surface area contributed by atoms with Crippen LogP contribution >= 0.6 is 0 Å². The van der Waals surface area contributed by atoms with Gasteiger partial charge in [-0.15, -0.1) is 0 Å². The van der Waals surface area contributed by atoms with Crippen molar-refractivity contribution in [2.24, 2.45) is 0 Å². The highest BCUT2D eigenvalue weighted by Gasteiger charge is 2.30. The number of nitrogens with zero attached hydrogens (tertiary/aromatic N) is 1. The highest BCUT2D eigenvalue weighted by atomic mass is 19.1. The van der Waals surface area contributed by atoms with Gasteiger partial charge in [-0.25, -0.2) is 4.39 Å². The van der Waals surface area contributed by atoms with Gasteiger partial charge in [-0.2, -0.15) is 0 Å². The Labute approximate surface area is 125 Å². The van der Waals surface area contributed by atoms with Crippen LogP contribution in [0.2, 0.25) is 0 Å². The van der Waals surface area contributed by atoms with Crippen LogP contribution < -0.4 is 5.32 Å². The molecule has 1 amide bonds. The van der Waals surface area contributed by atoms with Crippen molar-refractivity contribution in [1.29, 1.82) is 0 Å². The largest absolute Gasteiger partial charge is 0.385 e. The highest BCUT2D eigenvalue weighted by molar-refractivity contribution is 5.82. The number of carbonyl (C=O) groups excluding carboxylic acids is 1. The van der Waals surface area contributed by atoms with Gasteiger partial charge in [0.05, 0.1) is 6.04 Å². The monoisotopic (exact) mass is 294 g/mol. The molecule has 0 saturated carbocycles. The molecule has 1 heterocycles. The number of halogens is 1. The Kier molecular flexibility index (Phi) is 6.14. The van der Waals surface area contributed by atoms with Gasteiger partial charge in [0.1, 0.15) is 5.82 Å². The summed E-state index contributed by atoms with van der Waals surface area (Å²) in [5.41, 5.74) is 0.650. The average Bonchev–Trinajstić information content (AvgIpc) is 2.94. The topological polar surface area (TPSA) is 41.6 Å². The average molecular weight is 294 g/mol. The fraction of sp³-hybridized carbons (Fsp3) is 0.562. The van der Waals surface area contributed by atoms with Gasteiger partial charge in [-0.3, -0.25) is 9.69 Å². The van der Waals surface area contributed by atoms with E-state index >= 15 is 0 Å². The second kappa shape index (κ2) is 8.10. The molecule has 21 heavy (non-hydrogen) atoms. The Hall–Kier alpha value is -1.46. The third-order valence-corrected chi connectivity index (χ3v) is 3.82. The van der Waals surface area contributed by atoms with Crippen LogP contribution in [0.4, 0.5) is 4.39 Å². The lowest BCUT2D eigenvalue weighted by Crippen LogP contribution is -2.43. The van der Waals surface area contributed by atoms with Crippen molar-refractivity contribution < 1.29 is 13.9 Å². The van der Waals surface area contributed by atoms with Crippen LogP contribution in [-0.2, 0) is 16.1 Å². The summed E-state index contributed by atoms with van der Waals surface area (Å²) in [6.07, 6.45) is 2.62. The zero-order valence-electron chi connectivity index (χ0n) is 12.5. The molecule has 1 unspecified atom stereocenters. The summed E-state index contributed by atoms with van der Waals surface area (Å²) >= 11 is 0. The van der Waals surface area contributed by atoms with Gasteiger partial charge in [-0.1, -0.05) is 18.2 Å². The lowest BCUT2D eigenvalue weighted by molar-refractivity contribution is -0.125. The fourth-order valence-corrected chi connectivity index (χ4v) is 2.70. The number of hydrogen-bond acceptors (Lipinski definition) is 3. The number of rotatable bonds is 7. The molecular weight excluding hydrogens is 271 g/mol. The van der Waals surface area contributed by atoms with Crippen LogP contribution in [-0.4, -0.2) is 43.7 Å². The first-order chi connectivity index (χ1) is 10.2. The predicted molar refractivity (Wildman–Crippen MR) is 79.3 cm³/mol. The van der Waals surface area contributed by atoms with Crippen molar-refractivity contribution >= 4 is 5.91 Å². The summed E-state index contributed by atoms with van der Waals surface area (Å²) in [4.78, 5) is 14.3. The second-order valence-electron chi connectivity index (χ2n) is 5.36. The van der Waals surface area contributed by atoms with E-state index in [1.54, 1.807) is 19.2 Å². The first kappa shape index (κ1) is 15.9. The Morgan fingerprint density at radius 2 is 2.29 bits per heavy atom. The molecule has 2 rings (SSSR count). The number of benzene rings is 1. The van der Waals surface area contributed by atoms with E-state index in [0.29, 0.717) is 25.3 Å². The number of nitrogens with one attached hydrogen (secondary N) is 1. The van der Waals surface area contributed by atoms with Crippen LogP contribution in [0.15, 0.2) is 24.3 Å². The number of hydrogen-bond donors (Lipinski definition) is 1. The molecule has 1 aliphatic rings. The van der Waals surface area contributed by atoms with Gasteiger partial charge in [0, 0.05) is 32.4 Å². The summed E-state index contributed by atoms with van der Waals surface area (Å²) in [5, 5.41) is 2.94. The quantitative estimate of drug-likeness (QED) is 0.782. The maximum Gasteiger partial charge on any atom is 0.237 e. The zero-order valence-corrected chi connectivity index (χ0v) is 12.5. The van der Waals surface area contributed by atoms with Crippen molar-refractivity contribution in [3.8, 4) is 0 Å². The third-order valence-electron chi connectivity index (χ3n) is 3.82. The Morgan fingerprint density at radius 1 is 1.48 bits per heavy atom. The van der Waals surface area contributed by atoms with Crippen LogP contribution in [0, 0.1) is 5.82 Å². The van der Waals surface area contributed by atoms with Gasteiger partial charge < -0.3 is 10.1 Å². The molecule has 1 atom stereocenters. The molecule has 1 N–H and O–H groups in total. The summed E-state index contributed by atoms with van der Waals surface area (Å²) in [6.45, 7) is 2.59. The molecule has 0 bridgehead atoms. The van der Waals surface area contributed by atoms with Gasteiger partial charge in [0.15, 0.2) is 0 Å². The standard InChI is InChI=1S/C16H23FN2O2/c1-21-11-5-9-18-16(20)15-8-4-10-19(15)12-13-6-2-3-7-14(13)17/h2-3,6-7,15H,4-5,8-12H2,1H3,(H,18,20). The Bertz CT molecular complexity index is 467. The summed E-state index contributed by atoms with van der Waals surface area (Å²) in [6, 6.07) is 6.61. The summed E-state index contributed by atoms with van der Waals surface area (Å²) in [7, 11) is 1.65. The van der Waals surface area contributed by atoms with Crippen LogP contribution in [0.1, 0.15) is 24.8 Å². The van der Waals surface area contributed by atoms with Crippen molar-refractivity contribution in [2.45, 2.75) is 31.8 Å². The lowest BCUT2D eigenvalue weighted by atomic mass is 10.1. The van der Waals surface area contributed by atoms with E-state index in [9.17, 15) is 9.18 Å². The van der Waals surface area contributed by atoms with Crippen LogP contribution in [0.5, 0.6) is 0 Å². The molecule has 5 heteroatoms. The lowest BCUT2D eigenvalue weighted by Gasteiger charge is -2.23. The molecule has 116 valence electrons. The molecule has 1 aromatic rings. The van der Waals surface area contributed by atoms with E-state index in [1.807, 2.05) is 6.07 Å². The van der Waals surface area contributed by atoms with Crippen LogP contribution in [0.25, 0.3) is 0 Å². The van der Waals surface area contributed by atoms with E-state index in [2.05, 4.69) is 10.2 Å². The second-order valence-corrected chi connectivity index (χ2v) is 5.36. The number of likely N-dealkylation sites (tertiary alicyclic amines) is 1. The van der Waals surface area contributed by atoms with E-state index in [0.717, 1.165) is 25.8 Å². The Morgan fingerprint density at radius 3 is 3.05 bits per heavy atom. The molecule has 0 aliphatic carbocycles. The van der Waals surface area contributed by atoms with E-state index in [-0.39, 0.29) is 17.8 Å². The van der Waals surface area contributed by atoms with Crippen molar-refractivity contribution in [2.75, 3.05) is 26.8 Å². The SMILES string of the molecule is COCCCNC(=O)C1CCCN1Cc1ccccc1F. The first-order valence-corrected chi connectivity index (χ1v) is 7.46. The maximum absolute atomic E-state index is 13.7. The van der Waals surface area contributed by atoms with E-state index in [4.69, 9.17) is 4.74 Å². The van der Waals surface area contributed by atoms with Crippen molar-refractivity contribution in [1.82, 2.24) is 10.2 Å². The zero-order chi connectivity index (χ0) is 15.1. The number of carbonyl (C=O) groups is 1. The minimum absolute atomic E-state index is 0.0416. The molecule has 0 aromatic heterocycles. The van der Waals surface area contributed by atoms with Crippen molar-refractivity contribution in [3.05, 3.63) is 35.6 Å². The molecule has 1 aromatic carbocycles. The van der Waals surface area contributed by atoms with E-state index in [1.165, 1.54) is 6.07 Å². The minimum Gasteiger partial charge on any atom is -0.385 e. The van der Waals surface area contributed by atoms with Crippen LogP contribution in [0.3, 0.4) is 0 Å². The third kappa shape index (κ3) is 4.51. The normalized spacial score (nSPS) is 18.9. The molecule has 0 spiro atoms. The van der Waals surface area contributed by atoms with E-state index < -0.39 is 0 Å². The minimum atomic E-state index is -0.205. The van der Waals surface area contributed by atoms with Crippen molar-refractivity contribution in [3.63, 3.8) is 0 Å². The molecule has 1 saturated heterocycles. The summed E-state index contributed by atoms with van der Waals surface area (Å²) < 4.78 is 18.7. The summed E-state index contributed by atoms with van der Waals surface area (Å²) in [5.74, 6) is -0.163. The van der Waals surface area contributed by atoms with Gasteiger partial charge in [-0.05, 0) is 31.9 Å². The number of amides is 1. The maximum atomic E-state index is 13.7. The predicted octanol–water partition coefficient (Wildman–Crippen LogP) is 1.94. The highest BCUT2D eigenvalue weighted by Crippen LogP contribution is 2.21. The molecule has 4 nitrogen and oxygen atoms in total. The Balaban J connectivity index is 1.88. The molecular formula is C16H23FN2O2. The van der Waals surface area contributed by atoms with Gasteiger partial charge in [0.2, 0.25) is 5.91 Å². The molecule has 0 radical (unpaired) electrons. The number of methoxy groups -OCH3 is 1. The first-order valence-electron chi connectivity index (χ1n) is 7.46. The molecule has 1 aliphatic heterocycles. The van der Waals surface area contributed by atoms with Gasteiger partial charge >= 0.3 is 0 Å². The fourth-order valence-electron chi connectivity index (χ4n) is 2.70. The molecule has 1 fully saturated rings. The van der Waals surface area contributed by atoms with Gasteiger partial charge in [0.25, 0.3) is 0 Å².